The molecule has 0 unspecified atom stereocenters. The Kier molecular flexibility index (Phi) is 6.23. The lowest BCUT2D eigenvalue weighted by Gasteiger charge is -2.34. The predicted octanol–water partition coefficient (Wildman–Crippen LogP) is 2.94. The van der Waals surface area contributed by atoms with E-state index in [9.17, 15) is 0 Å². The second-order valence-electron chi connectivity index (χ2n) is 6.45. The molecular weight excluding hydrogens is 338 g/mol. The van der Waals surface area contributed by atoms with Gasteiger partial charge in [0, 0.05) is 61.9 Å². The second kappa shape index (κ2) is 9.01. The van der Waals surface area contributed by atoms with E-state index in [1.165, 1.54) is 11.8 Å². The van der Waals surface area contributed by atoms with Gasteiger partial charge in [0.25, 0.3) is 0 Å². The van der Waals surface area contributed by atoms with Gasteiger partial charge in [-0.1, -0.05) is 0 Å². The Bertz CT molecular complexity index is 815. The van der Waals surface area contributed by atoms with Crippen LogP contribution in [0.4, 0.5) is 23.1 Å². The molecule has 7 heteroatoms. The molecule has 2 aromatic rings. The van der Waals surface area contributed by atoms with E-state index in [0.29, 0.717) is 11.8 Å². The minimum atomic E-state index is 0.521. The fraction of sp³-hybridized carbons (Fsp3) is 0.350. The molecule has 2 heterocycles. The van der Waals surface area contributed by atoms with Gasteiger partial charge in [-0.15, -0.1) is 0 Å². The summed E-state index contributed by atoms with van der Waals surface area (Å²) in [6, 6.07) is 10.3. The highest BCUT2D eigenvalue weighted by Gasteiger charge is 2.14. The van der Waals surface area contributed by atoms with Gasteiger partial charge in [0.1, 0.15) is 5.82 Å². The summed E-state index contributed by atoms with van der Waals surface area (Å²) in [5.41, 5.74) is 2.96. The zero-order chi connectivity index (χ0) is 19.1. The quantitative estimate of drug-likeness (QED) is 0.764. The molecule has 2 N–H and O–H groups in total. The van der Waals surface area contributed by atoms with E-state index in [0.717, 1.165) is 44.0 Å². The Morgan fingerprint density at radius 1 is 1.19 bits per heavy atom. The van der Waals surface area contributed by atoms with Gasteiger partial charge in [-0.2, -0.15) is 10.2 Å². The summed E-state index contributed by atoms with van der Waals surface area (Å²) < 4.78 is 0. The van der Waals surface area contributed by atoms with Crippen LogP contribution in [0.25, 0.3) is 6.08 Å². The molecule has 0 atom stereocenters. The second-order valence-corrected chi connectivity index (χ2v) is 6.45. The van der Waals surface area contributed by atoms with Crippen LogP contribution in [0.1, 0.15) is 12.5 Å². The van der Waals surface area contributed by atoms with E-state index in [1.54, 1.807) is 12.3 Å². The monoisotopic (exact) mass is 363 g/mol. The Morgan fingerprint density at radius 2 is 1.93 bits per heavy atom. The van der Waals surface area contributed by atoms with Crippen LogP contribution in [-0.2, 0) is 0 Å². The number of nitrogens with zero attached hydrogens (tertiary/aromatic N) is 5. The first-order valence-electron chi connectivity index (χ1n) is 9.17. The maximum absolute atomic E-state index is 8.71. The van der Waals surface area contributed by atoms with E-state index < -0.39 is 0 Å². The van der Waals surface area contributed by atoms with E-state index in [-0.39, 0.29) is 0 Å². The Balaban J connectivity index is 1.70. The lowest BCUT2D eigenvalue weighted by molar-refractivity contribution is 0.313. The highest BCUT2D eigenvalue weighted by atomic mass is 15.2. The number of likely N-dealkylation sites (N-methyl/N-ethyl adjacent to an activating group) is 1. The smallest absolute Gasteiger partial charge is 0.229 e. The van der Waals surface area contributed by atoms with Crippen LogP contribution in [0, 0.1) is 11.3 Å². The number of hydrogen-bond acceptors (Lipinski definition) is 7. The van der Waals surface area contributed by atoms with Gasteiger partial charge in [0.05, 0.1) is 6.07 Å². The van der Waals surface area contributed by atoms with Crippen molar-refractivity contribution in [3.8, 4) is 6.07 Å². The SMILES string of the molecule is CCNc1nc(Nc2ccc(N3CCN(C)CC3)cc2)ncc1C=CC#N. The summed E-state index contributed by atoms with van der Waals surface area (Å²) in [6.07, 6.45) is 4.83. The van der Waals surface area contributed by atoms with Gasteiger partial charge in [-0.25, -0.2) is 4.98 Å². The number of nitrogens with one attached hydrogen (secondary N) is 2. The van der Waals surface area contributed by atoms with Gasteiger partial charge in [-0.05, 0) is 44.3 Å². The normalized spacial score (nSPS) is 14.9. The summed E-state index contributed by atoms with van der Waals surface area (Å²) in [4.78, 5) is 13.6. The fourth-order valence-corrected chi connectivity index (χ4v) is 2.96. The third-order valence-corrected chi connectivity index (χ3v) is 4.49. The average molecular weight is 363 g/mol. The van der Waals surface area contributed by atoms with Crippen LogP contribution in [-0.4, -0.2) is 54.6 Å². The molecule has 0 saturated carbocycles. The standard InChI is InChI=1S/C20H25N7/c1-3-22-19-16(5-4-10-21)15-23-20(25-19)24-17-6-8-18(9-7-17)27-13-11-26(2)12-14-27/h4-9,15H,3,11-14H2,1-2H3,(H2,22,23,24,25). The third-order valence-electron chi connectivity index (χ3n) is 4.49. The van der Waals surface area contributed by atoms with Crippen molar-refractivity contribution < 1.29 is 0 Å². The molecule has 27 heavy (non-hydrogen) atoms. The average Bonchev–Trinajstić information content (AvgIpc) is 2.69. The first-order valence-corrected chi connectivity index (χ1v) is 9.17. The first-order chi connectivity index (χ1) is 13.2. The molecule has 1 aromatic heterocycles. The summed E-state index contributed by atoms with van der Waals surface area (Å²) in [5, 5.41) is 15.2. The molecular formula is C20H25N7. The van der Waals surface area contributed by atoms with Crippen LogP contribution in [0.15, 0.2) is 36.5 Å². The first kappa shape index (κ1) is 18.7. The Labute approximate surface area is 160 Å². The van der Waals surface area contributed by atoms with Crippen LogP contribution in [0.3, 0.4) is 0 Å². The van der Waals surface area contributed by atoms with Crippen LogP contribution in [0.5, 0.6) is 0 Å². The zero-order valence-electron chi connectivity index (χ0n) is 15.8. The highest BCUT2D eigenvalue weighted by Crippen LogP contribution is 2.22. The number of hydrogen-bond donors (Lipinski definition) is 2. The zero-order valence-corrected chi connectivity index (χ0v) is 15.8. The lowest BCUT2D eigenvalue weighted by Crippen LogP contribution is -2.44. The summed E-state index contributed by atoms with van der Waals surface area (Å²) in [5.74, 6) is 1.22. The van der Waals surface area contributed by atoms with Crippen molar-refractivity contribution in [2.24, 2.45) is 0 Å². The van der Waals surface area contributed by atoms with E-state index in [1.807, 2.05) is 25.1 Å². The van der Waals surface area contributed by atoms with Crippen LogP contribution in [0.2, 0.25) is 0 Å². The molecule has 1 aromatic carbocycles. The molecule has 0 bridgehead atoms. The number of rotatable bonds is 6. The van der Waals surface area contributed by atoms with E-state index in [2.05, 4.69) is 49.6 Å². The minimum Gasteiger partial charge on any atom is -0.370 e. The molecule has 0 amide bonds. The molecule has 0 spiro atoms. The van der Waals surface area contributed by atoms with Gasteiger partial charge in [0.15, 0.2) is 0 Å². The summed E-state index contributed by atoms with van der Waals surface area (Å²) in [6.45, 7) is 7.03. The number of piperazine rings is 1. The molecule has 7 nitrogen and oxygen atoms in total. The van der Waals surface area contributed by atoms with Gasteiger partial charge >= 0.3 is 0 Å². The number of nitriles is 1. The number of aromatic nitrogens is 2. The molecule has 0 radical (unpaired) electrons. The molecule has 0 aliphatic carbocycles. The Hall–Kier alpha value is -3.11. The topological polar surface area (TPSA) is 80.1 Å². The molecule has 1 fully saturated rings. The van der Waals surface area contributed by atoms with Crippen molar-refractivity contribution in [2.75, 3.05) is 55.3 Å². The number of allylic oxidation sites excluding steroid dienone is 1. The lowest BCUT2D eigenvalue weighted by atomic mass is 10.2. The van der Waals surface area contributed by atoms with Crippen LogP contribution >= 0.6 is 0 Å². The third kappa shape index (κ3) is 4.96. The van der Waals surface area contributed by atoms with E-state index in [4.69, 9.17) is 5.26 Å². The molecule has 1 aliphatic rings. The molecule has 1 saturated heterocycles. The predicted molar refractivity (Wildman–Crippen MR) is 110 cm³/mol. The van der Waals surface area contributed by atoms with Crippen molar-refractivity contribution in [2.45, 2.75) is 6.92 Å². The molecule has 1 aliphatic heterocycles. The van der Waals surface area contributed by atoms with Crippen LogP contribution < -0.4 is 15.5 Å². The van der Waals surface area contributed by atoms with Crippen molar-refractivity contribution in [3.63, 3.8) is 0 Å². The largest absolute Gasteiger partial charge is 0.370 e. The Morgan fingerprint density at radius 3 is 2.59 bits per heavy atom. The van der Waals surface area contributed by atoms with Gasteiger partial charge < -0.3 is 20.4 Å². The number of anilines is 4. The molecule has 3 rings (SSSR count). The van der Waals surface area contributed by atoms with Crippen molar-refractivity contribution in [3.05, 3.63) is 42.1 Å². The highest BCUT2D eigenvalue weighted by molar-refractivity contribution is 5.66. The van der Waals surface area contributed by atoms with Gasteiger partial charge in [-0.3, -0.25) is 0 Å². The van der Waals surface area contributed by atoms with Gasteiger partial charge in [0.2, 0.25) is 5.95 Å². The van der Waals surface area contributed by atoms with E-state index >= 15 is 0 Å². The number of benzene rings is 1. The summed E-state index contributed by atoms with van der Waals surface area (Å²) >= 11 is 0. The maximum Gasteiger partial charge on any atom is 0.229 e. The van der Waals surface area contributed by atoms with Crippen molar-refractivity contribution >= 4 is 29.2 Å². The fourth-order valence-electron chi connectivity index (χ4n) is 2.96. The minimum absolute atomic E-state index is 0.521. The maximum atomic E-state index is 8.71. The molecule has 140 valence electrons. The van der Waals surface area contributed by atoms with Crippen molar-refractivity contribution in [1.82, 2.24) is 14.9 Å². The summed E-state index contributed by atoms with van der Waals surface area (Å²) in [7, 11) is 2.16. The van der Waals surface area contributed by atoms with Crippen molar-refractivity contribution in [1.29, 1.82) is 5.26 Å².